The van der Waals surface area contributed by atoms with Crippen LogP contribution >= 0.6 is 23.8 Å². The summed E-state index contributed by atoms with van der Waals surface area (Å²) in [5.41, 5.74) is 1.81. The Labute approximate surface area is 196 Å². The number of nitriles is 1. The SMILES string of the molecule is N#Cc1ccc(CCN2C(=O)C3CC=CC(NC(=O)C4=CC(Cl)=CCC4=S)C3C2=O)cc1. The summed E-state index contributed by atoms with van der Waals surface area (Å²) in [6.07, 6.45) is 8.25. The predicted octanol–water partition coefficient (Wildman–Crippen LogP) is 2.97. The van der Waals surface area contributed by atoms with Crippen LogP contribution in [0.25, 0.3) is 0 Å². The Balaban J connectivity index is 1.46. The summed E-state index contributed by atoms with van der Waals surface area (Å²) in [6.45, 7) is 0.257. The minimum atomic E-state index is -0.638. The van der Waals surface area contributed by atoms with E-state index >= 15 is 0 Å². The lowest BCUT2D eigenvalue weighted by Crippen LogP contribution is -2.46. The van der Waals surface area contributed by atoms with E-state index in [0.29, 0.717) is 40.3 Å². The number of hydrogen-bond donors (Lipinski definition) is 1. The fourth-order valence-corrected chi connectivity index (χ4v) is 4.72. The fraction of sp³-hybridized carbons (Fsp3) is 0.292. The Hall–Kier alpha value is -3.08. The lowest BCUT2D eigenvalue weighted by molar-refractivity contribution is -0.139. The van der Waals surface area contributed by atoms with Gasteiger partial charge < -0.3 is 5.32 Å². The number of halogens is 1. The number of rotatable bonds is 5. The molecule has 0 radical (unpaired) electrons. The second kappa shape index (κ2) is 9.19. The first kappa shape index (κ1) is 22.1. The summed E-state index contributed by atoms with van der Waals surface area (Å²) in [6, 6.07) is 8.54. The number of likely N-dealkylation sites (tertiary alicyclic amines) is 1. The molecule has 1 heterocycles. The van der Waals surface area contributed by atoms with E-state index < -0.39 is 23.8 Å². The van der Waals surface area contributed by atoms with Gasteiger partial charge in [0.1, 0.15) is 0 Å². The van der Waals surface area contributed by atoms with Crippen LogP contribution in [-0.4, -0.2) is 40.1 Å². The van der Waals surface area contributed by atoms with Crippen molar-refractivity contribution >= 4 is 46.4 Å². The zero-order valence-corrected chi connectivity index (χ0v) is 18.7. The molecule has 0 bridgehead atoms. The normalized spacial score (nSPS) is 24.6. The van der Waals surface area contributed by atoms with Crippen molar-refractivity contribution in [1.82, 2.24) is 10.2 Å². The van der Waals surface area contributed by atoms with Crippen molar-refractivity contribution in [1.29, 1.82) is 5.26 Å². The van der Waals surface area contributed by atoms with Crippen LogP contribution in [0.4, 0.5) is 0 Å². The van der Waals surface area contributed by atoms with Gasteiger partial charge in [-0.1, -0.05) is 54.2 Å². The van der Waals surface area contributed by atoms with Crippen molar-refractivity contribution < 1.29 is 14.4 Å². The first-order valence-corrected chi connectivity index (χ1v) is 11.1. The van der Waals surface area contributed by atoms with Gasteiger partial charge in [-0.15, -0.1) is 0 Å². The van der Waals surface area contributed by atoms with Gasteiger partial charge in [-0.3, -0.25) is 19.3 Å². The van der Waals surface area contributed by atoms with Crippen molar-refractivity contribution in [2.45, 2.75) is 25.3 Å². The smallest absolute Gasteiger partial charge is 0.252 e. The van der Waals surface area contributed by atoms with Gasteiger partial charge >= 0.3 is 0 Å². The topological polar surface area (TPSA) is 90.3 Å². The van der Waals surface area contributed by atoms with Crippen LogP contribution in [0.2, 0.25) is 0 Å². The number of fused-ring (bicyclic) bond motifs is 1. The molecular weight excluding hydrogens is 446 g/mol. The van der Waals surface area contributed by atoms with Crippen molar-refractivity contribution in [3.8, 4) is 6.07 Å². The molecule has 3 unspecified atom stereocenters. The number of amides is 3. The van der Waals surface area contributed by atoms with Gasteiger partial charge in [0.25, 0.3) is 5.91 Å². The highest BCUT2D eigenvalue weighted by molar-refractivity contribution is 7.81. The van der Waals surface area contributed by atoms with Gasteiger partial charge in [0, 0.05) is 22.9 Å². The molecule has 32 heavy (non-hydrogen) atoms. The molecule has 0 spiro atoms. The second-order valence-corrected chi connectivity index (χ2v) is 8.89. The number of benzene rings is 1. The third-order valence-electron chi connectivity index (χ3n) is 6.00. The highest BCUT2D eigenvalue weighted by Crippen LogP contribution is 2.35. The van der Waals surface area contributed by atoms with Crippen molar-refractivity contribution in [3.63, 3.8) is 0 Å². The molecule has 0 saturated carbocycles. The maximum Gasteiger partial charge on any atom is 0.252 e. The molecule has 1 saturated heterocycles. The average molecular weight is 466 g/mol. The monoisotopic (exact) mass is 465 g/mol. The summed E-state index contributed by atoms with van der Waals surface area (Å²) in [7, 11) is 0. The van der Waals surface area contributed by atoms with Crippen LogP contribution in [0.5, 0.6) is 0 Å². The van der Waals surface area contributed by atoms with E-state index in [0.717, 1.165) is 5.56 Å². The number of carbonyl (C=O) groups is 3. The molecule has 1 N–H and O–H groups in total. The molecule has 1 aromatic rings. The fourth-order valence-electron chi connectivity index (χ4n) is 4.30. The van der Waals surface area contributed by atoms with Crippen LogP contribution in [0, 0.1) is 23.2 Å². The highest BCUT2D eigenvalue weighted by atomic mass is 35.5. The molecule has 3 amide bonds. The van der Waals surface area contributed by atoms with Crippen molar-refractivity contribution in [2.24, 2.45) is 11.8 Å². The van der Waals surface area contributed by atoms with Gasteiger partial charge in [0.05, 0.1) is 35.1 Å². The molecule has 3 atom stereocenters. The molecule has 4 rings (SSSR count). The van der Waals surface area contributed by atoms with E-state index in [1.807, 2.05) is 18.2 Å². The summed E-state index contributed by atoms with van der Waals surface area (Å²) in [5, 5.41) is 12.2. The van der Waals surface area contributed by atoms with E-state index in [4.69, 9.17) is 29.1 Å². The molecule has 3 aliphatic rings. The molecular formula is C24H20ClN3O3S. The van der Waals surface area contributed by atoms with Gasteiger partial charge in [-0.25, -0.2) is 0 Å². The molecule has 6 nitrogen and oxygen atoms in total. The molecule has 162 valence electrons. The Morgan fingerprint density at radius 1 is 1.25 bits per heavy atom. The Morgan fingerprint density at radius 3 is 2.72 bits per heavy atom. The largest absolute Gasteiger partial charge is 0.345 e. The van der Waals surface area contributed by atoms with Gasteiger partial charge in [-0.05, 0) is 36.6 Å². The quantitative estimate of drug-likeness (QED) is 0.410. The summed E-state index contributed by atoms with van der Waals surface area (Å²) in [4.78, 5) is 40.7. The zero-order chi connectivity index (χ0) is 22.8. The third-order valence-corrected chi connectivity index (χ3v) is 6.65. The van der Waals surface area contributed by atoms with Gasteiger partial charge in [0.2, 0.25) is 11.8 Å². The molecule has 8 heteroatoms. The summed E-state index contributed by atoms with van der Waals surface area (Å²) < 4.78 is 0. The molecule has 1 aliphatic heterocycles. The summed E-state index contributed by atoms with van der Waals surface area (Å²) >= 11 is 11.3. The van der Waals surface area contributed by atoms with Crippen LogP contribution in [-0.2, 0) is 20.8 Å². The third kappa shape index (κ3) is 4.29. The van der Waals surface area contributed by atoms with E-state index in [2.05, 4.69) is 11.4 Å². The lowest BCUT2D eigenvalue weighted by Gasteiger charge is -2.27. The summed E-state index contributed by atoms with van der Waals surface area (Å²) in [5.74, 6) is -2.01. The first-order chi connectivity index (χ1) is 15.4. The number of hydrogen-bond acceptors (Lipinski definition) is 5. The number of nitrogens with one attached hydrogen (secondary N) is 1. The Morgan fingerprint density at radius 2 is 2.00 bits per heavy atom. The highest BCUT2D eigenvalue weighted by Gasteiger charge is 2.51. The van der Waals surface area contributed by atoms with Crippen LogP contribution in [0.3, 0.4) is 0 Å². The van der Waals surface area contributed by atoms with Crippen molar-refractivity contribution in [2.75, 3.05) is 6.54 Å². The number of imide groups is 1. The van der Waals surface area contributed by atoms with Crippen LogP contribution in [0.1, 0.15) is 24.0 Å². The minimum Gasteiger partial charge on any atom is -0.345 e. The van der Waals surface area contributed by atoms with Gasteiger partial charge in [0.15, 0.2) is 0 Å². The number of allylic oxidation sites excluding steroid dienone is 4. The van der Waals surface area contributed by atoms with E-state index in [-0.39, 0.29) is 18.4 Å². The van der Waals surface area contributed by atoms with Crippen molar-refractivity contribution in [3.05, 3.63) is 70.3 Å². The maximum absolute atomic E-state index is 13.2. The number of thiocarbonyl (C=S) groups is 1. The molecule has 1 aromatic carbocycles. The average Bonchev–Trinajstić information content (AvgIpc) is 3.04. The zero-order valence-electron chi connectivity index (χ0n) is 17.1. The van der Waals surface area contributed by atoms with E-state index in [1.165, 1.54) is 11.0 Å². The minimum absolute atomic E-state index is 0.212. The van der Waals surface area contributed by atoms with E-state index in [1.54, 1.807) is 24.3 Å². The van der Waals surface area contributed by atoms with Crippen LogP contribution < -0.4 is 5.32 Å². The molecule has 0 aromatic heterocycles. The number of nitrogens with zero attached hydrogens (tertiary/aromatic N) is 2. The van der Waals surface area contributed by atoms with Gasteiger partial charge in [-0.2, -0.15) is 5.26 Å². The molecule has 1 fully saturated rings. The Bertz CT molecular complexity index is 1130. The van der Waals surface area contributed by atoms with Crippen LogP contribution in [0.15, 0.2) is 59.2 Å². The Kier molecular flexibility index (Phi) is 6.35. The second-order valence-electron chi connectivity index (χ2n) is 7.96. The first-order valence-electron chi connectivity index (χ1n) is 10.3. The predicted molar refractivity (Wildman–Crippen MR) is 123 cm³/mol. The van der Waals surface area contributed by atoms with E-state index in [9.17, 15) is 14.4 Å². The number of carbonyl (C=O) groups excluding carboxylic acids is 3. The standard InChI is InChI=1S/C24H20ClN3O3S/c25-16-8-9-20(32)18(12-16)22(29)27-19-3-1-2-17-21(19)24(31)28(23(17)30)11-10-14-4-6-15(13-26)7-5-14/h1,3-8,12,17,19,21H,2,9-11H2,(H,27,29). The maximum atomic E-state index is 13.2. The molecule has 2 aliphatic carbocycles. The lowest BCUT2D eigenvalue weighted by atomic mass is 9.81.